The Morgan fingerprint density at radius 1 is 1.10 bits per heavy atom. The SMILES string of the molecule is Cc1[nH]c(C(=O)C[C@@H]2CCN(c3nc(-c4cnc(N5CCN(C)CC5)cn4)c(C(=O)O)s3)C[C@@H]2C)c(Cl)c1Cl. The number of carbonyl (C=O) groups excluding carboxylic acids is 1. The number of carboxylic acids is 1. The zero-order valence-corrected chi connectivity index (χ0v) is 24.4. The Balaban J connectivity index is 1.28. The second kappa shape index (κ2) is 11.4. The molecule has 5 rings (SSSR count). The van der Waals surface area contributed by atoms with Gasteiger partial charge in [0.15, 0.2) is 10.9 Å². The van der Waals surface area contributed by atoms with Gasteiger partial charge in [0.1, 0.15) is 27.8 Å². The Labute approximate surface area is 241 Å². The van der Waals surface area contributed by atoms with Crippen LogP contribution in [0.2, 0.25) is 10.0 Å². The lowest BCUT2D eigenvalue weighted by atomic mass is 9.83. The average Bonchev–Trinajstić information content (AvgIpc) is 3.48. The average molecular weight is 593 g/mol. The number of Topliss-reactive ketones (excluding diaryl/α,β-unsaturated/α-hetero) is 1. The van der Waals surface area contributed by atoms with Gasteiger partial charge in [-0.15, -0.1) is 0 Å². The van der Waals surface area contributed by atoms with Crippen LogP contribution >= 0.6 is 34.5 Å². The first kappa shape index (κ1) is 27.8. The van der Waals surface area contributed by atoms with Gasteiger partial charge in [-0.05, 0) is 32.2 Å². The number of nitrogens with one attached hydrogen (secondary N) is 1. The molecule has 3 aromatic rings. The summed E-state index contributed by atoms with van der Waals surface area (Å²) in [6, 6.07) is 0. The van der Waals surface area contributed by atoms with Gasteiger partial charge in [0.25, 0.3) is 0 Å². The molecule has 2 saturated heterocycles. The number of halogens is 2. The van der Waals surface area contributed by atoms with Gasteiger partial charge in [-0.1, -0.05) is 41.5 Å². The number of aromatic carboxylic acids is 1. The van der Waals surface area contributed by atoms with Crippen LogP contribution in [0.25, 0.3) is 11.4 Å². The van der Waals surface area contributed by atoms with Gasteiger partial charge >= 0.3 is 5.97 Å². The highest BCUT2D eigenvalue weighted by Gasteiger charge is 2.32. The molecule has 0 unspecified atom stereocenters. The van der Waals surface area contributed by atoms with E-state index < -0.39 is 5.97 Å². The molecule has 5 heterocycles. The summed E-state index contributed by atoms with van der Waals surface area (Å²) in [5.41, 5.74) is 1.82. The largest absolute Gasteiger partial charge is 0.477 e. The summed E-state index contributed by atoms with van der Waals surface area (Å²) < 4.78 is 0. The van der Waals surface area contributed by atoms with Gasteiger partial charge in [-0.3, -0.25) is 4.79 Å². The van der Waals surface area contributed by atoms with Gasteiger partial charge in [-0.25, -0.2) is 19.7 Å². The Kier molecular flexibility index (Phi) is 8.14. The molecule has 208 valence electrons. The smallest absolute Gasteiger partial charge is 0.348 e. The van der Waals surface area contributed by atoms with Crippen LogP contribution < -0.4 is 9.80 Å². The molecular weight excluding hydrogens is 561 g/mol. The van der Waals surface area contributed by atoms with Crippen molar-refractivity contribution in [2.75, 3.05) is 56.1 Å². The molecule has 39 heavy (non-hydrogen) atoms. The van der Waals surface area contributed by atoms with Crippen molar-refractivity contribution >= 4 is 57.2 Å². The molecule has 2 fully saturated rings. The number of carboxylic acid groups (broad SMARTS) is 1. The van der Waals surface area contributed by atoms with Crippen molar-refractivity contribution in [2.24, 2.45) is 11.8 Å². The predicted octanol–water partition coefficient (Wildman–Crippen LogP) is 4.73. The molecule has 10 nitrogen and oxygen atoms in total. The fourth-order valence-electron chi connectivity index (χ4n) is 5.18. The van der Waals surface area contributed by atoms with E-state index in [9.17, 15) is 14.7 Å². The molecule has 2 atom stereocenters. The fourth-order valence-corrected chi connectivity index (χ4v) is 6.56. The fraction of sp³-hybridized carbons (Fsp3) is 0.500. The molecule has 0 spiro atoms. The summed E-state index contributed by atoms with van der Waals surface area (Å²) in [7, 11) is 2.10. The number of hydrogen-bond acceptors (Lipinski definition) is 9. The van der Waals surface area contributed by atoms with Crippen molar-refractivity contribution in [3.05, 3.63) is 38.7 Å². The van der Waals surface area contributed by atoms with Crippen molar-refractivity contribution < 1.29 is 14.7 Å². The lowest BCUT2D eigenvalue weighted by molar-refractivity contribution is 0.0702. The minimum absolute atomic E-state index is 0.0522. The molecule has 0 saturated carbocycles. The molecule has 3 aromatic heterocycles. The number of H-pyrrole nitrogens is 1. The normalized spacial score (nSPS) is 20.4. The van der Waals surface area contributed by atoms with Crippen LogP contribution in [-0.4, -0.2) is 88.0 Å². The van der Waals surface area contributed by atoms with Crippen LogP contribution in [0.5, 0.6) is 0 Å². The van der Waals surface area contributed by atoms with Gasteiger partial charge in [0.05, 0.1) is 22.4 Å². The van der Waals surface area contributed by atoms with E-state index in [1.54, 1.807) is 19.3 Å². The number of piperidine rings is 1. The van der Waals surface area contributed by atoms with E-state index in [4.69, 9.17) is 28.2 Å². The summed E-state index contributed by atoms with van der Waals surface area (Å²) in [6.07, 6.45) is 4.44. The van der Waals surface area contributed by atoms with E-state index in [0.29, 0.717) is 52.4 Å². The molecule has 2 N–H and O–H groups in total. The van der Waals surface area contributed by atoms with E-state index in [1.165, 1.54) is 0 Å². The monoisotopic (exact) mass is 591 g/mol. The Bertz CT molecular complexity index is 1370. The van der Waals surface area contributed by atoms with Gasteiger partial charge in [0.2, 0.25) is 0 Å². The second-order valence-corrected chi connectivity index (χ2v) is 12.1. The first-order valence-electron chi connectivity index (χ1n) is 12.9. The number of likely N-dealkylation sites (N-methyl/N-ethyl adjacent to an activating group) is 1. The highest BCUT2D eigenvalue weighted by molar-refractivity contribution is 7.17. The van der Waals surface area contributed by atoms with E-state index >= 15 is 0 Å². The van der Waals surface area contributed by atoms with Gasteiger partial charge in [-0.2, -0.15) is 0 Å². The molecular formula is C26H31Cl2N7O3S. The number of ketones is 1. The minimum atomic E-state index is -1.04. The zero-order valence-electron chi connectivity index (χ0n) is 22.1. The van der Waals surface area contributed by atoms with E-state index in [1.807, 2.05) is 0 Å². The molecule has 2 aliphatic heterocycles. The third-order valence-corrected chi connectivity index (χ3v) is 9.70. The molecule has 13 heteroatoms. The van der Waals surface area contributed by atoms with Crippen molar-refractivity contribution in [3.8, 4) is 11.4 Å². The van der Waals surface area contributed by atoms with E-state index in [2.05, 4.69) is 43.6 Å². The number of piperazine rings is 1. The second-order valence-electron chi connectivity index (χ2n) is 10.4. The Hall–Kier alpha value is -2.73. The summed E-state index contributed by atoms with van der Waals surface area (Å²) in [4.78, 5) is 48.5. The first-order valence-corrected chi connectivity index (χ1v) is 14.5. The van der Waals surface area contributed by atoms with Crippen LogP contribution in [0.1, 0.15) is 45.6 Å². The number of anilines is 2. The first-order chi connectivity index (χ1) is 18.6. The molecule has 0 aliphatic carbocycles. The van der Waals surface area contributed by atoms with Gasteiger partial charge in [0, 0.05) is 51.4 Å². The maximum absolute atomic E-state index is 12.9. The summed E-state index contributed by atoms with van der Waals surface area (Å²) in [5, 5.41) is 11.2. The van der Waals surface area contributed by atoms with Crippen LogP contribution in [0, 0.1) is 18.8 Å². The molecule has 0 bridgehead atoms. The number of thiazole rings is 1. The number of aromatic amines is 1. The third kappa shape index (κ3) is 5.77. The predicted molar refractivity (Wildman–Crippen MR) is 154 cm³/mol. The number of hydrogen-bond donors (Lipinski definition) is 2. The number of aromatic nitrogens is 4. The Morgan fingerprint density at radius 2 is 1.85 bits per heavy atom. The van der Waals surface area contributed by atoms with Crippen LogP contribution in [0.15, 0.2) is 12.4 Å². The quantitative estimate of drug-likeness (QED) is 0.376. The van der Waals surface area contributed by atoms with Crippen molar-refractivity contribution in [2.45, 2.75) is 26.7 Å². The molecule has 0 aromatic carbocycles. The minimum Gasteiger partial charge on any atom is -0.477 e. The van der Waals surface area contributed by atoms with Crippen molar-refractivity contribution in [1.82, 2.24) is 24.8 Å². The summed E-state index contributed by atoms with van der Waals surface area (Å²) >= 11 is 13.5. The number of nitrogens with zero attached hydrogens (tertiary/aromatic N) is 6. The van der Waals surface area contributed by atoms with Crippen LogP contribution in [-0.2, 0) is 0 Å². The van der Waals surface area contributed by atoms with Crippen LogP contribution in [0.3, 0.4) is 0 Å². The molecule has 0 amide bonds. The topological polar surface area (TPSA) is 119 Å². The lowest BCUT2D eigenvalue weighted by Gasteiger charge is -2.36. The van der Waals surface area contributed by atoms with E-state index in [0.717, 1.165) is 49.8 Å². The zero-order chi connectivity index (χ0) is 27.8. The van der Waals surface area contributed by atoms with Crippen molar-refractivity contribution in [3.63, 3.8) is 0 Å². The maximum atomic E-state index is 12.9. The highest BCUT2D eigenvalue weighted by Crippen LogP contribution is 2.37. The highest BCUT2D eigenvalue weighted by atomic mass is 35.5. The van der Waals surface area contributed by atoms with Crippen LogP contribution in [0.4, 0.5) is 10.9 Å². The summed E-state index contributed by atoms with van der Waals surface area (Å²) in [6.45, 7) is 8.88. The number of aryl methyl sites for hydroxylation is 1. The standard InChI is InChI=1S/C26H31Cl2N7O3S/c1-14-13-35(5-4-16(14)10-18(36)23-21(28)20(27)15(2)31-23)26-32-22(24(39-26)25(37)38)17-11-30-19(12-29-17)34-8-6-33(3)7-9-34/h11-12,14,16,31H,4-10,13H2,1-3H3,(H,37,38)/t14-,16-/m0/s1. The number of rotatable bonds is 7. The van der Waals surface area contributed by atoms with Crippen molar-refractivity contribution in [1.29, 1.82) is 0 Å². The molecule has 2 aliphatic rings. The lowest BCUT2D eigenvalue weighted by Crippen LogP contribution is -2.44. The van der Waals surface area contributed by atoms with Gasteiger partial charge < -0.3 is 24.8 Å². The Morgan fingerprint density at radius 3 is 2.44 bits per heavy atom. The third-order valence-electron chi connectivity index (χ3n) is 7.65. The molecule has 0 radical (unpaired) electrons. The van der Waals surface area contributed by atoms with E-state index in [-0.39, 0.29) is 27.5 Å². The number of carbonyl (C=O) groups is 2. The maximum Gasteiger partial charge on any atom is 0.348 e. The summed E-state index contributed by atoms with van der Waals surface area (Å²) in [5.74, 6) is 0.0464.